The molecule has 204 valence electrons. The van der Waals surface area contributed by atoms with E-state index in [0.717, 1.165) is 11.6 Å². The third-order valence-electron chi connectivity index (χ3n) is 6.66. The van der Waals surface area contributed by atoms with Gasteiger partial charge in [0.05, 0.1) is 22.6 Å². The third kappa shape index (κ3) is 7.74. The lowest BCUT2D eigenvalue weighted by atomic mass is 9.85. The van der Waals surface area contributed by atoms with E-state index < -0.39 is 23.1 Å². The highest BCUT2D eigenvalue weighted by atomic mass is 35.5. The van der Waals surface area contributed by atoms with Crippen molar-refractivity contribution in [2.24, 2.45) is 0 Å². The first-order chi connectivity index (χ1) is 17.9. The average molecular weight is 548 g/mol. The van der Waals surface area contributed by atoms with Gasteiger partial charge in [-0.3, -0.25) is 9.69 Å². The Morgan fingerprint density at radius 1 is 1.03 bits per heavy atom. The fourth-order valence-corrected chi connectivity index (χ4v) is 4.54. The number of halogens is 4. The maximum atomic E-state index is 13.4. The Bertz CT molecular complexity index is 1210. The topological polar surface area (TPSA) is 49.8 Å². The van der Waals surface area contributed by atoms with Gasteiger partial charge in [-0.15, -0.1) is 0 Å². The molecular weight excluding hydrogens is 515 g/mol. The molecule has 0 spiro atoms. The number of benzene rings is 3. The van der Waals surface area contributed by atoms with Crippen LogP contribution in [-0.2, 0) is 22.9 Å². The second kappa shape index (κ2) is 12.7. The number of carboxylic acids is 1. The number of nitrogens with zero attached hydrogens (tertiary/aromatic N) is 1. The number of hydrogen-bond donors (Lipinski definition) is 1. The van der Waals surface area contributed by atoms with E-state index in [1.54, 1.807) is 44.2 Å². The molecule has 4 nitrogen and oxygen atoms in total. The van der Waals surface area contributed by atoms with E-state index in [9.17, 15) is 23.1 Å². The molecule has 0 aromatic heterocycles. The molecule has 0 bridgehead atoms. The van der Waals surface area contributed by atoms with Gasteiger partial charge in [0.25, 0.3) is 0 Å². The number of rotatable bonds is 12. The molecule has 0 saturated carbocycles. The van der Waals surface area contributed by atoms with Gasteiger partial charge in [0, 0.05) is 19.6 Å². The van der Waals surface area contributed by atoms with E-state index >= 15 is 0 Å². The van der Waals surface area contributed by atoms with E-state index in [-0.39, 0.29) is 17.5 Å². The van der Waals surface area contributed by atoms with E-state index in [1.807, 2.05) is 30.3 Å². The van der Waals surface area contributed by atoms with Crippen molar-refractivity contribution in [3.8, 4) is 5.75 Å². The van der Waals surface area contributed by atoms with Gasteiger partial charge < -0.3 is 9.84 Å². The van der Waals surface area contributed by atoms with Crippen LogP contribution in [0.1, 0.15) is 55.4 Å². The van der Waals surface area contributed by atoms with Crippen LogP contribution >= 0.6 is 11.6 Å². The van der Waals surface area contributed by atoms with Crippen molar-refractivity contribution in [1.82, 2.24) is 4.90 Å². The molecular formula is C30H33ClF3NO3. The maximum absolute atomic E-state index is 13.4. The summed E-state index contributed by atoms with van der Waals surface area (Å²) in [4.78, 5) is 13.7. The molecule has 8 heteroatoms. The summed E-state index contributed by atoms with van der Waals surface area (Å²) in [5.74, 6) is -0.204. The Hall–Kier alpha value is -3.03. The number of alkyl halides is 3. The summed E-state index contributed by atoms with van der Waals surface area (Å²) in [6.45, 7) is 7.19. The van der Waals surface area contributed by atoms with Crippen LogP contribution in [0.25, 0.3) is 0 Å². The predicted molar refractivity (Wildman–Crippen MR) is 144 cm³/mol. The summed E-state index contributed by atoms with van der Waals surface area (Å²) in [7, 11) is 0. The van der Waals surface area contributed by atoms with Crippen molar-refractivity contribution < 1.29 is 27.8 Å². The van der Waals surface area contributed by atoms with Crippen LogP contribution < -0.4 is 4.74 Å². The van der Waals surface area contributed by atoms with Crippen LogP contribution in [0.15, 0.2) is 72.8 Å². The van der Waals surface area contributed by atoms with Gasteiger partial charge in [0.15, 0.2) is 0 Å². The van der Waals surface area contributed by atoms with Gasteiger partial charge in [-0.1, -0.05) is 73.1 Å². The maximum Gasteiger partial charge on any atom is 0.417 e. The van der Waals surface area contributed by atoms with Crippen molar-refractivity contribution >= 4 is 17.6 Å². The van der Waals surface area contributed by atoms with Crippen LogP contribution in [0.2, 0.25) is 5.02 Å². The zero-order chi connectivity index (χ0) is 27.9. The predicted octanol–water partition coefficient (Wildman–Crippen LogP) is 7.80. The van der Waals surface area contributed by atoms with E-state index in [1.165, 1.54) is 6.07 Å². The highest BCUT2D eigenvalue weighted by Gasteiger charge is 2.34. The fourth-order valence-electron chi connectivity index (χ4n) is 4.25. The lowest BCUT2D eigenvalue weighted by molar-refractivity contribution is -0.142. The average Bonchev–Trinajstić information content (AvgIpc) is 2.87. The molecule has 0 aliphatic carbocycles. The Balaban J connectivity index is 1.70. The molecule has 0 unspecified atom stereocenters. The SMILES string of the molecule is C[C@H](CN(CCCOc1cccc(C(C)(C)C(=O)O)c1)Cc1cccc(C(F)(F)F)c1Cl)c1ccccc1. The summed E-state index contributed by atoms with van der Waals surface area (Å²) in [5, 5.41) is 9.23. The molecule has 0 aliphatic rings. The highest BCUT2D eigenvalue weighted by Crippen LogP contribution is 2.36. The molecule has 0 heterocycles. The van der Waals surface area contributed by atoms with Crippen molar-refractivity contribution in [3.05, 3.63) is 100 Å². The van der Waals surface area contributed by atoms with Crippen molar-refractivity contribution in [2.75, 3.05) is 19.7 Å². The first kappa shape index (κ1) is 29.5. The lowest BCUT2D eigenvalue weighted by Crippen LogP contribution is -2.30. The second-order valence-corrected chi connectivity index (χ2v) is 10.4. The summed E-state index contributed by atoms with van der Waals surface area (Å²) in [6.07, 6.45) is -3.91. The van der Waals surface area contributed by atoms with Crippen LogP contribution in [0.3, 0.4) is 0 Å². The molecule has 1 atom stereocenters. The van der Waals surface area contributed by atoms with Gasteiger partial charge >= 0.3 is 12.1 Å². The first-order valence-electron chi connectivity index (χ1n) is 12.5. The lowest BCUT2D eigenvalue weighted by Gasteiger charge is -2.27. The highest BCUT2D eigenvalue weighted by molar-refractivity contribution is 6.32. The van der Waals surface area contributed by atoms with Crippen molar-refractivity contribution in [2.45, 2.75) is 51.2 Å². The number of aliphatic carboxylic acids is 1. The summed E-state index contributed by atoms with van der Waals surface area (Å²) < 4.78 is 46.1. The molecule has 0 radical (unpaired) electrons. The van der Waals surface area contributed by atoms with Crippen LogP contribution in [0, 0.1) is 0 Å². The Labute approximate surface area is 227 Å². The zero-order valence-electron chi connectivity index (χ0n) is 21.8. The number of ether oxygens (including phenoxy) is 1. The molecule has 1 N–H and O–H groups in total. The molecule has 0 amide bonds. The molecule has 3 aromatic carbocycles. The standard InChI is InChI=1S/C30H33ClF3NO3/c1-21(22-10-5-4-6-11-22)19-35(20-23-12-7-15-26(27(23)31)30(32,33)34)16-9-17-38-25-14-8-13-24(18-25)29(2,3)28(36)37/h4-8,10-15,18,21H,9,16-17,19-20H2,1-3H3,(H,36,37)/t21-/m1/s1. The van der Waals surface area contributed by atoms with E-state index in [2.05, 4.69) is 11.8 Å². The fraction of sp³-hybridized carbons (Fsp3) is 0.367. The van der Waals surface area contributed by atoms with Gasteiger partial charge in [0.2, 0.25) is 0 Å². The zero-order valence-corrected chi connectivity index (χ0v) is 22.5. The summed E-state index contributed by atoms with van der Waals surface area (Å²) in [5.41, 5.74) is 0.321. The number of carboxylic acid groups (broad SMARTS) is 1. The summed E-state index contributed by atoms with van der Waals surface area (Å²) >= 11 is 6.19. The monoisotopic (exact) mass is 547 g/mol. The molecule has 3 rings (SSSR count). The van der Waals surface area contributed by atoms with Gasteiger partial charge in [-0.25, -0.2) is 0 Å². The molecule has 3 aromatic rings. The molecule has 0 saturated heterocycles. The number of carbonyl (C=O) groups is 1. The minimum absolute atomic E-state index is 0.150. The quantitative estimate of drug-likeness (QED) is 0.235. The second-order valence-electron chi connectivity index (χ2n) is 9.98. The summed E-state index contributed by atoms with van der Waals surface area (Å²) in [6, 6.07) is 21.0. The Morgan fingerprint density at radius 2 is 1.71 bits per heavy atom. The van der Waals surface area contributed by atoms with Gasteiger partial charge in [-0.05, 0) is 61.1 Å². The van der Waals surface area contributed by atoms with E-state index in [0.29, 0.717) is 43.0 Å². The molecule has 0 aliphatic heterocycles. The minimum Gasteiger partial charge on any atom is -0.494 e. The minimum atomic E-state index is -4.52. The number of hydrogen-bond acceptors (Lipinski definition) is 3. The first-order valence-corrected chi connectivity index (χ1v) is 12.9. The van der Waals surface area contributed by atoms with E-state index in [4.69, 9.17) is 16.3 Å². The Kier molecular flexibility index (Phi) is 9.85. The molecule has 0 fully saturated rings. The third-order valence-corrected chi connectivity index (χ3v) is 7.10. The largest absolute Gasteiger partial charge is 0.494 e. The van der Waals surface area contributed by atoms with Crippen LogP contribution in [0.4, 0.5) is 13.2 Å². The van der Waals surface area contributed by atoms with Crippen LogP contribution in [0.5, 0.6) is 5.75 Å². The van der Waals surface area contributed by atoms with Crippen LogP contribution in [-0.4, -0.2) is 35.7 Å². The van der Waals surface area contributed by atoms with Gasteiger partial charge in [-0.2, -0.15) is 13.2 Å². The van der Waals surface area contributed by atoms with Crippen molar-refractivity contribution in [1.29, 1.82) is 0 Å². The Morgan fingerprint density at radius 3 is 2.37 bits per heavy atom. The van der Waals surface area contributed by atoms with Crippen molar-refractivity contribution in [3.63, 3.8) is 0 Å². The molecule has 38 heavy (non-hydrogen) atoms. The van der Waals surface area contributed by atoms with Gasteiger partial charge in [0.1, 0.15) is 5.75 Å². The smallest absolute Gasteiger partial charge is 0.417 e. The normalized spacial score (nSPS) is 12.9.